The van der Waals surface area contributed by atoms with Gasteiger partial charge in [0.2, 0.25) is 0 Å². The SMILES string of the molecule is Cc1cccc(-c2nc3ccccc3n2CCOc2ccccc2)c1. The Kier molecular flexibility index (Phi) is 4.21. The molecule has 0 unspecified atom stereocenters. The summed E-state index contributed by atoms with van der Waals surface area (Å²) in [6.45, 7) is 3.46. The third kappa shape index (κ3) is 3.26. The van der Waals surface area contributed by atoms with E-state index < -0.39 is 0 Å². The molecule has 3 aromatic carbocycles. The maximum atomic E-state index is 5.89. The molecule has 0 aliphatic rings. The zero-order chi connectivity index (χ0) is 17.1. The predicted octanol–water partition coefficient (Wildman–Crippen LogP) is 5.09. The Morgan fingerprint density at radius 1 is 0.880 bits per heavy atom. The molecule has 0 saturated carbocycles. The van der Waals surface area contributed by atoms with Crippen LogP contribution in [-0.2, 0) is 6.54 Å². The predicted molar refractivity (Wildman–Crippen MR) is 102 cm³/mol. The van der Waals surface area contributed by atoms with Crippen molar-refractivity contribution >= 4 is 11.0 Å². The zero-order valence-corrected chi connectivity index (χ0v) is 14.2. The molecule has 4 rings (SSSR count). The normalized spacial score (nSPS) is 10.9. The second-order valence-corrected chi connectivity index (χ2v) is 6.11. The number of rotatable bonds is 5. The summed E-state index contributed by atoms with van der Waals surface area (Å²) in [6.07, 6.45) is 0. The van der Waals surface area contributed by atoms with Crippen molar-refractivity contribution in [3.63, 3.8) is 0 Å². The van der Waals surface area contributed by atoms with E-state index in [0.29, 0.717) is 6.61 Å². The van der Waals surface area contributed by atoms with Crippen LogP contribution in [0.15, 0.2) is 78.9 Å². The molecule has 3 nitrogen and oxygen atoms in total. The molecule has 0 aliphatic carbocycles. The molecule has 0 fully saturated rings. The Labute approximate surface area is 147 Å². The lowest BCUT2D eigenvalue weighted by Gasteiger charge is -2.11. The van der Waals surface area contributed by atoms with Gasteiger partial charge in [0.25, 0.3) is 0 Å². The first-order valence-electron chi connectivity index (χ1n) is 8.51. The molecule has 4 aromatic rings. The van der Waals surface area contributed by atoms with E-state index in [1.165, 1.54) is 5.56 Å². The van der Waals surface area contributed by atoms with Crippen LogP contribution < -0.4 is 4.74 Å². The van der Waals surface area contributed by atoms with E-state index in [1.54, 1.807) is 0 Å². The molecule has 0 radical (unpaired) electrons. The fourth-order valence-electron chi connectivity index (χ4n) is 3.08. The van der Waals surface area contributed by atoms with Gasteiger partial charge in [0, 0.05) is 5.56 Å². The molecule has 0 amide bonds. The van der Waals surface area contributed by atoms with Gasteiger partial charge < -0.3 is 9.30 Å². The molecule has 124 valence electrons. The first-order chi connectivity index (χ1) is 12.3. The number of para-hydroxylation sites is 3. The highest BCUT2D eigenvalue weighted by molar-refractivity contribution is 5.80. The maximum absolute atomic E-state index is 5.89. The van der Waals surface area contributed by atoms with Crippen LogP contribution in [0, 0.1) is 6.92 Å². The molecular formula is C22H20N2O. The molecule has 0 N–H and O–H groups in total. The second-order valence-electron chi connectivity index (χ2n) is 6.11. The molecule has 0 bridgehead atoms. The van der Waals surface area contributed by atoms with Crippen LogP contribution in [0.1, 0.15) is 5.56 Å². The summed E-state index contributed by atoms with van der Waals surface area (Å²) in [5.74, 6) is 1.88. The molecule has 0 atom stereocenters. The largest absolute Gasteiger partial charge is 0.492 e. The summed E-state index contributed by atoms with van der Waals surface area (Å²) in [6, 6.07) is 26.7. The van der Waals surface area contributed by atoms with Crippen LogP contribution in [0.25, 0.3) is 22.4 Å². The van der Waals surface area contributed by atoms with Crippen molar-refractivity contribution < 1.29 is 4.74 Å². The lowest BCUT2D eigenvalue weighted by atomic mass is 10.1. The van der Waals surface area contributed by atoms with Gasteiger partial charge in [0.05, 0.1) is 17.6 Å². The quantitative estimate of drug-likeness (QED) is 0.510. The molecule has 1 aromatic heterocycles. The Bertz CT molecular complexity index is 989. The lowest BCUT2D eigenvalue weighted by Crippen LogP contribution is -2.09. The van der Waals surface area contributed by atoms with Gasteiger partial charge in [0.15, 0.2) is 0 Å². The number of benzene rings is 3. The van der Waals surface area contributed by atoms with Crippen LogP contribution in [-0.4, -0.2) is 16.2 Å². The minimum absolute atomic E-state index is 0.600. The fourth-order valence-corrected chi connectivity index (χ4v) is 3.08. The summed E-state index contributed by atoms with van der Waals surface area (Å²) in [4.78, 5) is 4.86. The summed E-state index contributed by atoms with van der Waals surface area (Å²) >= 11 is 0. The highest BCUT2D eigenvalue weighted by Crippen LogP contribution is 2.25. The van der Waals surface area contributed by atoms with E-state index in [1.807, 2.05) is 36.4 Å². The van der Waals surface area contributed by atoms with Crippen molar-refractivity contribution in [3.05, 3.63) is 84.4 Å². The average molecular weight is 328 g/mol. The minimum atomic E-state index is 0.600. The van der Waals surface area contributed by atoms with E-state index in [0.717, 1.165) is 34.7 Å². The maximum Gasteiger partial charge on any atom is 0.141 e. The van der Waals surface area contributed by atoms with Crippen molar-refractivity contribution in [1.82, 2.24) is 9.55 Å². The summed E-state index contributed by atoms with van der Waals surface area (Å²) < 4.78 is 8.14. The summed E-state index contributed by atoms with van der Waals surface area (Å²) in [7, 11) is 0. The summed E-state index contributed by atoms with van der Waals surface area (Å²) in [5.41, 5.74) is 4.52. The molecule has 0 saturated heterocycles. The number of aromatic nitrogens is 2. The van der Waals surface area contributed by atoms with Crippen molar-refractivity contribution in [2.45, 2.75) is 13.5 Å². The minimum Gasteiger partial charge on any atom is -0.492 e. The monoisotopic (exact) mass is 328 g/mol. The van der Waals surface area contributed by atoms with Gasteiger partial charge in [-0.2, -0.15) is 0 Å². The third-order valence-corrected chi connectivity index (χ3v) is 4.26. The van der Waals surface area contributed by atoms with Crippen molar-refractivity contribution in [2.24, 2.45) is 0 Å². The number of nitrogens with zero attached hydrogens (tertiary/aromatic N) is 2. The third-order valence-electron chi connectivity index (χ3n) is 4.26. The Morgan fingerprint density at radius 2 is 1.68 bits per heavy atom. The van der Waals surface area contributed by atoms with E-state index in [2.05, 4.69) is 54.0 Å². The van der Waals surface area contributed by atoms with Gasteiger partial charge in [0.1, 0.15) is 18.2 Å². The average Bonchev–Trinajstić information content (AvgIpc) is 3.02. The first kappa shape index (κ1) is 15.5. The van der Waals surface area contributed by atoms with Gasteiger partial charge in [-0.05, 0) is 37.3 Å². The Morgan fingerprint density at radius 3 is 2.52 bits per heavy atom. The summed E-state index contributed by atoms with van der Waals surface area (Å²) in [5, 5.41) is 0. The Balaban J connectivity index is 1.67. The van der Waals surface area contributed by atoms with Crippen molar-refractivity contribution in [1.29, 1.82) is 0 Å². The molecule has 25 heavy (non-hydrogen) atoms. The van der Waals surface area contributed by atoms with Gasteiger partial charge in [-0.25, -0.2) is 4.98 Å². The fraction of sp³-hybridized carbons (Fsp3) is 0.136. The van der Waals surface area contributed by atoms with Gasteiger partial charge in [-0.3, -0.25) is 0 Å². The molecular weight excluding hydrogens is 308 g/mol. The Hall–Kier alpha value is -3.07. The molecule has 0 aliphatic heterocycles. The molecule has 3 heteroatoms. The number of hydrogen-bond donors (Lipinski definition) is 0. The first-order valence-corrected chi connectivity index (χ1v) is 8.51. The zero-order valence-electron chi connectivity index (χ0n) is 14.2. The smallest absolute Gasteiger partial charge is 0.141 e. The van der Waals surface area contributed by atoms with E-state index >= 15 is 0 Å². The second kappa shape index (κ2) is 6.81. The van der Waals surface area contributed by atoms with E-state index in [4.69, 9.17) is 9.72 Å². The highest BCUT2D eigenvalue weighted by atomic mass is 16.5. The molecule has 1 heterocycles. The van der Waals surface area contributed by atoms with Crippen molar-refractivity contribution in [3.8, 4) is 17.1 Å². The highest BCUT2D eigenvalue weighted by Gasteiger charge is 2.12. The van der Waals surface area contributed by atoms with Gasteiger partial charge in [-0.1, -0.05) is 54.1 Å². The van der Waals surface area contributed by atoms with Crippen LogP contribution in [0.3, 0.4) is 0 Å². The van der Waals surface area contributed by atoms with Crippen LogP contribution in [0.5, 0.6) is 5.75 Å². The topological polar surface area (TPSA) is 27.1 Å². The number of fused-ring (bicyclic) bond motifs is 1. The van der Waals surface area contributed by atoms with Crippen molar-refractivity contribution in [2.75, 3.05) is 6.61 Å². The number of hydrogen-bond acceptors (Lipinski definition) is 2. The van der Waals surface area contributed by atoms with Gasteiger partial charge in [-0.15, -0.1) is 0 Å². The number of aryl methyl sites for hydroxylation is 1. The van der Waals surface area contributed by atoms with Crippen LogP contribution in [0.4, 0.5) is 0 Å². The number of imidazole rings is 1. The molecule has 0 spiro atoms. The van der Waals surface area contributed by atoms with Crippen LogP contribution >= 0.6 is 0 Å². The number of ether oxygens (including phenoxy) is 1. The lowest BCUT2D eigenvalue weighted by molar-refractivity contribution is 0.301. The van der Waals surface area contributed by atoms with Crippen LogP contribution in [0.2, 0.25) is 0 Å². The van der Waals surface area contributed by atoms with E-state index in [9.17, 15) is 0 Å². The van der Waals surface area contributed by atoms with E-state index in [-0.39, 0.29) is 0 Å². The standard InChI is InChI=1S/C22H20N2O/c1-17-8-7-9-18(16-17)22-23-20-12-5-6-13-21(20)24(22)14-15-25-19-10-3-2-4-11-19/h2-13,16H,14-15H2,1H3. The van der Waals surface area contributed by atoms with Gasteiger partial charge >= 0.3 is 0 Å².